The second-order valence-corrected chi connectivity index (χ2v) is 8.80. The number of hydrogen-bond acceptors (Lipinski definition) is 4. The van der Waals surface area contributed by atoms with Gasteiger partial charge in [-0.25, -0.2) is 0 Å². The number of rotatable bonds is 7. The van der Waals surface area contributed by atoms with Crippen molar-refractivity contribution in [2.75, 3.05) is 13.6 Å². The topological polar surface area (TPSA) is 96.1 Å². The predicted octanol–water partition coefficient (Wildman–Crippen LogP) is 6.14. The molecule has 3 aromatic rings. The first-order valence-corrected chi connectivity index (χ1v) is 12.6. The molecule has 1 aromatic heterocycles. The van der Waals surface area contributed by atoms with Crippen molar-refractivity contribution in [3.8, 4) is 17.0 Å². The summed E-state index contributed by atoms with van der Waals surface area (Å²) < 4.78 is 5.47. The number of hydrogen-bond donors (Lipinski definition) is 3. The van der Waals surface area contributed by atoms with E-state index in [0.29, 0.717) is 22.3 Å². The number of halogens is 1. The molecule has 2 aromatic carbocycles. The molecule has 0 spiro atoms. The number of likely N-dealkylation sites (N-methyl/N-ethyl adjacent to an activating group) is 1. The third-order valence-electron chi connectivity index (χ3n) is 4.81. The second kappa shape index (κ2) is 15.6. The van der Waals surface area contributed by atoms with Gasteiger partial charge in [-0.15, -0.1) is 0 Å². The molecule has 2 amide bonds. The van der Waals surface area contributed by atoms with Gasteiger partial charge in [0.05, 0.1) is 23.4 Å². The van der Waals surface area contributed by atoms with Gasteiger partial charge in [-0.05, 0) is 51.0 Å². The summed E-state index contributed by atoms with van der Waals surface area (Å²) in [6, 6.07) is 15.3. The number of nitrogens with one attached hydrogen (secondary N) is 3. The molecule has 1 heterocycles. The minimum absolute atomic E-state index is 0.00502. The Morgan fingerprint density at radius 3 is 2.17 bits per heavy atom. The van der Waals surface area contributed by atoms with Crippen molar-refractivity contribution in [3.63, 3.8) is 0 Å². The van der Waals surface area contributed by atoms with Gasteiger partial charge >= 0.3 is 0 Å². The monoisotopic (exact) mass is 514 g/mol. The Labute approximate surface area is 220 Å². The molecule has 3 N–H and O–H groups in total. The van der Waals surface area contributed by atoms with Crippen molar-refractivity contribution < 1.29 is 14.3 Å². The van der Waals surface area contributed by atoms with E-state index < -0.39 is 0 Å². The van der Waals surface area contributed by atoms with Crippen LogP contribution in [0.3, 0.4) is 0 Å². The predicted molar refractivity (Wildman–Crippen MR) is 148 cm³/mol. The van der Waals surface area contributed by atoms with Gasteiger partial charge in [0, 0.05) is 23.9 Å². The normalized spacial score (nSPS) is 10.1. The van der Waals surface area contributed by atoms with Crippen LogP contribution in [-0.4, -0.2) is 41.7 Å². The standard InChI is InChI=1S/C13H17ClN2O3.C13H16N2.C2H6/c1-8(2)19-11-5-4-9(6-10(11)14)13(18)16-7-12(17)15-3;1-9(2)12-8-13(15-14-12)11-6-4-10(3)5-7-11;1-2/h4-6,8H,7H2,1-3H3,(H,15,17)(H,16,18);4-9H,1-3H3,(H,14,15);1-2H3. The van der Waals surface area contributed by atoms with Gasteiger partial charge in [0.15, 0.2) is 0 Å². The van der Waals surface area contributed by atoms with Gasteiger partial charge in [0.25, 0.3) is 5.91 Å². The number of aromatic amines is 1. The second-order valence-electron chi connectivity index (χ2n) is 8.40. The van der Waals surface area contributed by atoms with E-state index in [9.17, 15) is 9.59 Å². The summed E-state index contributed by atoms with van der Waals surface area (Å²) in [5.74, 6) is 0.400. The van der Waals surface area contributed by atoms with Gasteiger partial charge in [-0.1, -0.05) is 69.1 Å². The molecule has 36 heavy (non-hydrogen) atoms. The lowest BCUT2D eigenvalue weighted by Crippen LogP contribution is -2.35. The maximum absolute atomic E-state index is 11.8. The number of nitrogens with zero attached hydrogens (tertiary/aromatic N) is 1. The molecule has 0 aliphatic rings. The molecule has 0 bridgehead atoms. The van der Waals surface area contributed by atoms with Crippen LogP contribution in [0, 0.1) is 6.92 Å². The van der Waals surface area contributed by atoms with E-state index in [-0.39, 0.29) is 24.5 Å². The average Bonchev–Trinajstić information content (AvgIpc) is 3.36. The molecule has 0 saturated heterocycles. The number of carbonyl (C=O) groups excluding carboxylic acids is 2. The zero-order valence-electron chi connectivity index (χ0n) is 22.5. The molecular weight excluding hydrogens is 476 g/mol. The zero-order chi connectivity index (χ0) is 27.3. The summed E-state index contributed by atoms with van der Waals surface area (Å²) in [7, 11) is 1.50. The first kappa shape index (κ1) is 30.7. The number of aryl methyl sites for hydroxylation is 1. The molecule has 0 aliphatic heterocycles. The summed E-state index contributed by atoms with van der Waals surface area (Å²) in [6.07, 6.45) is 0.00502. The van der Waals surface area contributed by atoms with E-state index in [1.807, 2.05) is 27.7 Å². The molecule has 0 fully saturated rings. The zero-order valence-corrected chi connectivity index (χ0v) is 23.3. The van der Waals surface area contributed by atoms with Gasteiger partial charge in [0.1, 0.15) is 5.75 Å². The summed E-state index contributed by atoms with van der Waals surface area (Å²) in [4.78, 5) is 22.8. The Morgan fingerprint density at radius 1 is 1.03 bits per heavy atom. The van der Waals surface area contributed by atoms with Crippen LogP contribution in [0.2, 0.25) is 5.02 Å². The summed E-state index contributed by atoms with van der Waals surface area (Å²) >= 11 is 6.02. The molecule has 0 aliphatic carbocycles. The SMILES string of the molecule is CC.CNC(=O)CNC(=O)c1ccc(OC(C)C)c(Cl)c1.Cc1ccc(-c2cc(C(C)C)[nH]n2)cc1. The Bertz CT molecular complexity index is 1090. The third-order valence-corrected chi connectivity index (χ3v) is 5.11. The van der Waals surface area contributed by atoms with E-state index in [1.165, 1.54) is 29.9 Å². The maximum Gasteiger partial charge on any atom is 0.251 e. The van der Waals surface area contributed by atoms with Crippen molar-refractivity contribution in [3.05, 3.63) is 70.4 Å². The van der Waals surface area contributed by atoms with Crippen LogP contribution in [-0.2, 0) is 4.79 Å². The van der Waals surface area contributed by atoms with E-state index in [4.69, 9.17) is 16.3 Å². The number of ether oxygens (including phenoxy) is 1. The fraction of sp³-hybridized carbons (Fsp3) is 0.393. The van der Waals surface area contributed by atoms with Crippen molar-refractivity contribution in [1.82, 2.24) is 20.8 Å². The lowest BCUT2D eigenvalue weighted by Gasteiger charge is -2.12. The molecule has 8 heteroatoms. The van der Waals surface area contributed by atoms with Crippen LogP contribution in [0.1, 0.15) is 69.1 Å². The molecule has 0 atom stereocenters. The molecule has 0 unspecified atom stereocenters. The minimum Gasteiger partial charge on any atom is -0.489 e. The Kier molecular flexibility index (Phi) is 13.3. The minimum atomic E-state index is -0.360. The van der Waals surface area contributed by atoms with Crippen LogP contribution in [0.5, 0.6) is 5.75 Å². The number of benzene rings is 2. The number of H-pyrrole nitrogens is 1. The summed E-state index contributed by atoms with van der Waals surface area (Å²) in [5.41, 5.74) is 5.04. The highest BCUT2D eigenvalue weighted by molar-refractivity contribution is 6.32. The highest BCUT2D eigenvalue weighted by Crippen LogP contribution is 2.26. The Morgan fingerprint density at radius 2 is 1.67 bits per heavy atom. The van der Waals surface area contributed by atoms with Crippen molar-refractivity contribution >= 4 is 23.4 Å². The fourth-order valence-corrected chi connectivity index (χ4v) is 3.07. The van der Waals surface area contributed by atoms with Crippen LogP contribution in [0.25, 0.3) is 11.3 Å². The van der Waals surface area contributed by atoms with E-state index in [1.54, 1.807) is 12.1 Å². The summed E-state index contributed by atoms with van der Waals surface area (Å²) in [5, 5.41) is 12.6. The van der Waals surface area contributed by atoms with E-state index in [0.717, 1.165) is 5.69 Å². The van der Waals surface area contributed by atoms with Gasteiger partial charge in [-0.2, -0.15) is 5.10 Å². The summed E-state index contributed by atoms with van der Waals surface area (Å²) in [6.45, 7) is 14.1. The van der Waals surface area contributed by atoms with Gasteiger partial charge in [-0.3, -0.25) is 14.7 Å². The fourth-order valence-electron chi connectivity index (χ4n) is 2.85. The quantitative estimate of drug-likeness (QED) is 0.353. The smallest absolute Gasteiger partial charge is 0.251 e. The molecule has 0 saturated carbocycles. The maximum atomic E-state index is 11.8. The number of aromatic nitrogens is 2. The third kappa shape index (κ3) is 10.1. The highest BCUT2D eigenvalue weighted by atomic mass is 35.5. The molecular formula is C28H39ClN4O3. The van der Waals surface area contributed by atoms with Crippen LogP contribution in [0.15, 0.2) is 48.5 Å². The van der Waals surface area contributed by atoms with Crippen LogP contribution >= 0.6 is 11.6 Å². The highest BCUT2D eigenvalue weighted by Gasteiger charge is 2.11. The number of carbonyl (C=O) groups is 2. The molecule has 0 radical (unpaired) electrons. The van der Waals surface area contributed by atoms with Crippen LogP contribution in [0.4, 0.5) is 0 Å². The van der Waals surface area contributed by atoms with Gasteiger partial charge < -0.3 is 15.4 Å². The molecule has 7 nitrogen and oxygen atoms in total. The Balaban J connectivity index is 0.000000344. The first-order chi connectivity index (χ1) is 17.1. The largest absolute Gasteiger partial charge is 0.489 e. The number of amides is 2. The molecule has 196 valence electrons. The van der Waals surface area contributed by atoms with Crippen LogP contribution < -0.4 is 15.4 Å². The first-order valence-electron chi connectivity index (χ1n) is 12.2. The van der Waals surface area contributed by atoms with E-state index in [2.05, 4.69) is 71.9 Å². The van der Waals surface area contributed by atoms with Crippen molar-refractivity contribution in [2.24, 2.45) is 0 Å². The molecule has 3 rings (SSSR count). The lowest BCUT2D eigenvalue weighted by atomic mass is 10.1. The lowest BCUT2D eigenvalue weighted by molar-refractivity contribution is -0.119. The van der Waals surface area contributed by atoms with Crippen molar-refractivity contribution in [1.29, 1.82) is 0 Å². The van der Waals surface area contributed by atoms with E-state index >= 15 is 0 Å². The average molecular weight is 515 g/mol. The van der Waals surface area contributed by atoms with Crippen molar-refractivity contribution in [2.45, 2.75) is 60.5 Å². The Hall–Kier alpha value is -3.32. The van der Waals surface area contributed by atoms with Gasteiger partial charge in [0.2, 0.25) is 5.91 Å².